The number of carbonyl (C=O) groups excluding carboxylic acids is 3. The van der Waals surface area contributed by atoms with Crippen LogP contribution in [0.3, 0.4) is 0 Å². The molecule has 0 aromatic rings. The van der Waals surface area contributed by atoms with Crippen molar-refractivity contribution < 1.29 is 27.6 Å². The van der Waals surface area contributed by atoms with Crippen LogP contribution in [0.25, 0.3) is 0 Å². The van der Waals surface area contributed by atoms with Crippen molar-refractivity contribution in [1.82, 2.24) is 10.2 Å². The molecule has 3 N–H and O–H groups in total. The Labute approximate surface area is 87.6 Å². The molecule has 1 heterocycles. The Hall–Kier alpha value is -1.80. The molecule has 1 unspecified atom stereocenters. The van der Waals surface area contributed by atoms with Gasteiger partial charge in [0.05, 0.1) is 0 Å². The molecule has 9 heteroatoms. The second-order valence-electron chi connectivity index (χ2n) is 3.41. The van der Waals surface area contributed by atoms with Gasteiger partial charge in [-0.25, -0.2) is 4.79 Å². The molecule has 6 nitrogen and oxygen atoms in total. The second kappa shape index (κ2) is 3.35. The fourth-order valence-corrected chi connectivity index (χ4v) is 1.19. The van der Waals surface area contributed by atoms with E-state index in [0.29, 0.717) is 6.92 Å². The lowest BCUT2D eigenvalue weighted by Gasteiger charge is -2.24. The van der Waals surface area contributed by atoms with Gasteiger partial charge in [-0.1, -0.05) is 0 Å². The molecular formula is C7H8F3N3O3. The summed E-state index contributed by atoms with van der Waals surface area (Å²) in [7, 11) is 0. The van der Waals surface area contributed by atoms with Gasteiger partial charge >= 0.3 is 12.2 Å². The Morgan fingerprint density at radius 1 is 1.50 bits per heavy atom. The lowest BCUT2D eigenvalue weighted by molar-refractivity contribution is -0.191. The zero-order valence-corrected chi connectivity index (χ0v) is 8.09. The number of nitrogens with two attached hydrogens (primary N) is 1. The summed E-state index contributed by atoms with van der Waals surface area (Å²) < 4.78 is 37.5. The number of urea groups is 1. The second-order valence-corrected chi connectivity index (χ2v) is 3.41. The van der Waals surface area contributed by atoms with E-state index in [1.165, 1.54) is 5.32 Å². The molecule has 0 radical (unpaired) electrons. The molecule has 90 valence electrons. The number of imide groups is 1. The van der Waals surface area contributed by atoms with Crippen LogP contribution in [-0.2, 0) is 9.59 Å². The predicted molar refractivity (Wildman–Crippen MR) is 43.9 cm³/mol. The Balaban J connectivity index is 3.03. The Morgan fingerprint density at radius 3 is 2.31 bits per heavy atom. The molecule has 0 bridgehead atoms. The summed E-state index contributed by atoms with van der Waals surface area (Å²) >= 11 is 0. The fraction of sp³-hybridized carbons (Fsp3) is 0.571. The third-order valence-electron chi connectivity index (χ3n) is 2.16. The maximum Gasteiger partial charge on any atom is 0.420 e. The van der Waals surface area contributed by atoms with Crippen LogP contribution in [0.15, 0.2) is 0 Å². The lowest BCUT2D eigenvalue weighted by atomic mass is 10.0. The van der Waals surface area contributed by atoms with Crippen LogP contribution in [0, 0.1) is 0 Å². The highest BCUT2D eigenvalue weighted by atomic mass is 19.4. The maximum atomic E-state index is 12.5. The van der Waals surface area contributed by atoms with Crippen molar-refractivity contribution in [2.75, 3.05) is 6.54 Å². The molecule has 0 spiro atoms. The third kappa shape index (κ3) is 1.68. The highest BCUT2D eigenvalue weighted by molar-refractivity contribution is 6.09. The molecule has 1 fully saturated rings. The normalized spacial score (nSPS) is 25.9. The van der Waals surface area contributed by atoms with Gasteiger partial charge < -0.3 is 11.1 Å². The predicted octanol–water partition coefficient (Wildman–Crippen LogP) is -0.655. The van der Waals surface area contributed by atoms with Crippen LogP contribution < -0.4 is 11.1 Å². The fourth-order valence-electron chi connectivity index (χ4n) is 1.19. The summed E-state index contributed by atoms with van der Waals surface area (Å²) in [6.45, 7) is -0.357. The first-order valence-corrected chi connectivity index (χ1v) is 4.08. The smallest absolute Gasteiger partial charge is 0.368 e. The number of carbonyl (C=O) groups is 3. The van der Waals surface area contributed by atoms with Crippen molar-refractivity contribution in [1.29, 1.82) is 0 Å². The van der Waals surface area contributed by atoms with Gasteiger partial charge in [-0.05, 0) is 6.92 Å². The van der Waals surface area contributed by atoms with Crippen molar-refractivity contribution in [2.45, 2.75) is 18.6 Å². The first-order valence-electron chi connectivity index (χ1n) is 4.08. The maximum absolute atomic E-state index is 12.5. The number of primary amides is 1. The van der Waals surface area contributed by atoms with E-state index in [1.807, 2.05) is 0 Å². The molecule has 1 atom stereocenters. The van der Waals surface area contributed by atoms with Gasteiger partial charge in [0.15, 0.2) is 0 Å². The summed E-state index contributed by atoms with van der Waals surface area (Å²) in [6.07, 6.45) is -4.94. The average molecular weight is 239 g/mol. The summed E-state index contributed by atoms with van der Waals surface area (Å²) in [5.74, 6) is -2.61. The number of amides is 4. The van der Waals surface area contributed by atoms with Crippen molar-refractivity contribution in [3.8, 4) is 0 Å². The van der Waals surface area contributed by atoms with E-state index in [1.54, 1.807) is 0 Å². The minimum absolute atomic E-state index is 0.135. The Bertz CT molecular complexity index is 368. The van der Waals surface area contributed by atoms with Gasteiger partial charge in [0.25, 0.3) is 5.91 Å². The van der Waals surface area contributed by atoms with Crippen LogP contribution in [0.1, 0.15) is 6.92 Å². The van der Waals surface area contributed by atoms with E-state index in [4.69, 9.17) is 5.73 Å². The molecule has 1 saturated heterocycles. The van der Waals surface area contributed by atoms with Crippen molar-refractivity contribution in [2.24, 2.45) is 5.73 Å². The SMILES string of the molecule is CC1(C(F)(F)F)NC(=O)N(CC(N)=O)C1=O. The van der Waals surface area contributed by atoms with Gasteiger partial charge in [-0.2, -0.15) is 13.2 Å². The summed E-state index contributed by atoms with van der Waals surface area (Å²) in [5.41, 5.74) is 1.70. The number of rotatable bonds is 2. The quantitative estimate of drug-likeness (QED) is 0.627. The highest BCUT2D eigenvalue weighted by Crippen LogP contribution is 2.34. The van der Waals surface area contributed by atoms with Crippen LogP contribution in [-0.4, -0.2) is 41.0 Å². The Kier molecular flexibility index (Phi) is 2.57. The summed E-state index contributed by atoms with van der Waals surface area (Å²) in [5, 5.41) is 1.48. The van der Waals surface area contributed by atoms with E-state index < -0.39 is 36.1 Å². The van der Waals surface area contributed by atoms with Crippen molar-refractivity contribution >= 4 is 17.8 Å². The zero-order valence-electron chi connectivity index (χ0n) is 8.09. The summed E-state index contributed by atoms with van der Waals surface area (Å²) in [6, 6.07) is -1.29. The van der Waals surface area contributed by atoms with E-state index in [0.717, 1.165) is 0 Å². The van der Waals surface area contributed by atoms with Gasteiger partial charge in [-0.15, -0.1) is 0 Å². The molecular weight excluding hydrogens is 231 g/mol. The van der Waals surface area contributed by atoms with Crippen LogP contribution in [0.4, 0.5) is 18.0 Å². The minimum Gasteiger partial charge on any atom is -0.368 e. The highest BCUT2D eigenvalue weighted by Gasteiger charge is 2.64. The lowest BCUT2D eigenvalue weighted by Crippen LogP contribution is -2.56. The van der Waals surface area contributed by atoms with Gasteiger partial charge in [-0.3, -0.25) is 14.5 Å². The van der Waals surface area contributed by atoms with Gasteiger partial charge in [0, 0.05) is 0 Å². The summed E-state index contributed by atoms with van der Waals surface area (Å²) in [4.78, 5) is 33.0. The van der Waals surface area contributed by atoms with Crippen LogP contribution >= 0.6 is 0 Å². The number of nitrogens with one attached hydrogen (secondary N) is 1. The largest absolute Gasteiger partial charge is 0.420 e. The van der Waals surface area contributed by atoms with E-state index in [9.17, 15) is 27.6 Å². The standard InChI is InChI=1S/C7H8F3N3O3/c1-6(7(8,9)10)4(15)13(2-3(11)14)5(16)12-6/h2H2,1H3,(H2,11,14)(H,12,16). The van der Waals surface area contributed by atoms with Crippen molar-refractivity contribution in [3.63, 3.8) is 0 Å². The Morgan fingerprint density at radius 2 is 2.00 bits per heavy atom. The van der Waals surface area contributed by atoms with E-state index in [-0.39, 0.29) is 4.90 Å². The van der Waals surface area contributed by atoms with Gasteiger partial charge in [0.1, 0.15) is 6.54 Å². The molecule has 0 aromatic carbocycles. The number of halogens is 3. The third-order valence-corrected chi connectivity index (χ3v) is 2.16. The van der Waals surface area contributed by atoms with Crippen LogP contribution in [0.2, 0.25) is 0 Å². The monoisotopic (exact) mass is 239 g/mol. The van der Waals surface area contributed by atoms with Crippen molar-refractivity contribution in [3.05, 3.63) is 0 Å². The molecule has 0 saturated carbocycles. The number of hydrogen-bond acceptors (Lipinski definition) is 3. The first kappa shape index (κ1) is 12.3. The molecule has 1 aliphatic rings. The van der Waals surface area contributed by atoms with E-state index >= 15 is 0 Å². The molecule has 1 aliphatic heterocycles. The number of hydrogen-bond donors (Lipinski definition) is 2. The molecule has 0 aliphatic carbocycles. The minimum atomic E-state index is -4.94. The molecule has 1 rings (SSSR count). The molecule has 0 aromatic heterocycles. The molecule has 4 amide bonds. The molecule has 16 heavy (non-hydrogen) atoms. The zero-order chi connectivity index (χ0) is 12.7. The number of alkyl halides is 3. The number of nitrogens with zero attached hydrogens (tertiary/aromatic N) is 1. The van der Waals surface area contributed by atoms with Crippen LogP contribution in [0.5, 0.6) is 0 Å². The van der Waals surface area contributed by atoms with Gasteiger partial charge in [0.2, 0.25) is 11.4 Å². The average Bonchev–Trinajstić information content (AvgIpc) is 2.28. The van der Waals surface area contributed by atoms with E-state index in [2.05, 4.69) is 0 Å². The topological polar surface area (TPSA) is 92.5 Å². The first-order chi connectivity index (χ1) is 7.09.